The first-order chi connectivity index (χ1) is 26.7. The zero-order chi connectivity index (χ0) is 35.9. The standard InChI is InChI=1S/C51H34N2S/c1-3-15-34-30-33-16-7-8-19-37(33)50-42-23-14-25-44(49(42)32(2)48(34)50)53(45-26-13-22-41-40-21-10-12-27-47(40)54-51(41)45)36-28-29-39-38-20-9-11-24-43(38)52(46(39)31-36)35-17-5-4-6-18-35/h1,4-14,16-31,34H,15H2,2H3. The van der Waals surface area contributed by atoms with Crippen LogP contribution in [0.15, 0.2) is 163 Å². The van der Waals surface area contributed by atoms with Crippen LogP contribution in [-0.2, 0) is 0 Å². The normalized spacial score (nSPS) is 14.7. The third-order valence-corrected chi connectivity index (χ3v) is 12.7. The number of hydrogen-bond acceptors (Lipinski definition) is 2. The Morgan fingerprint density at radius 1 is 0.667 bits per heavy atom. The van der Waals surface area contributed by atoms with E-state index in [0.29, 0.717) is 6.42 Å². The molecule has 1 atom stereocenters. The highest BCUT2D eigenvalue weighted by molar-refractivity contribution is 7.26. The SMILES string of the molecule is C#CCC1C=c2ccccc2=C2C1=C(C)c1c2cccc1N(c1ccc2c3ccccc3n(-c3ccccc3)c2c1)c1cccc2c1sc1ccccc12. The molecule has 254 valence electrons. The molecule has 0 spiro atoms. The highest BCUT2D eigenvalue weighted by atomic mass is 32.1. The smallest absolute Gasteiger partial charge is 0.0640 e. The molecular formula is C51H34N2S. The quantitative estimate of drug-likeness (QED) is 0.162. The molecule has 0 saturated heterocycles. The predicted octanol–water partition coefficient (Wildman–Crippen LogP) is 12.0. The summed E-state index contributed by atoms with van der Waals surface area (Å²) in [6, 6.07) is 57.8. The van der Waals surface area contributed by atoms with Gasteiger partial charge in [-0.25, -0.2) is 0 Å². The fourth-order valence-corrected chi connectivity index (χ4v) is 10.5. The van der Waals surface area contributed by atoms with Crippen molar-refractivity contribution in [1.29, 1.82) is 0 Å². The molecule has 2 heterocycles. The van der Waals surface area contributed by atoms with Crippen LogP contribution in [-0.4, -0.2) is 4.57 Å². The highest BCUT2D eigenvalue weighted by Crippen LogP contribution is 2.53. The van der Waals surface area contributed by atoms with Gasteiger partial charge in [-0.2, -0.15) is 0 Å². The second-order valence-electron chi connectivity index (χ2n) is 14.4. The number of benzene rings is 7. The summed E-state index contributed by atoms with van der Waals surface area (Å²) in [6.07, 6.45) is 9.09. The van der Waals surface area contributed by atoms with Gasteiger partial charge in [0.1, 0.15) is 0 Å². The molecule has 0 bridgehead atoms. The average Bonchev–Trinajstić information content (AvgIpc) is 3.87. The molecule has 2 nitrogen and oxygen atoms in total. The molecule has 0 saturated carbocycles. The summed E-state index contributed by atoms with van der Waals surface area (Å²) in [4.78, 5) is 2.52. The van der Waals surface area contributed by atoms with Gasteiger partial charge in [-0.05, 0) is 88.2 Å². The molecular weight excluding hydrogens is 673 g/mol. The van der Waals surface area contributed by atoms with Gasteiger partial charge in [0.15, 0.2) is 0 Å². The Labute approximate surface area is 317 Å². The molecule has 0 amide bonds. The average molecular weight is 707 g/mol. The Bertz CT molecular complexity index is 3220. The Kier molecular flexibility index (Phi) is 6.86. The molecule has 1 unspecified atom stereocenters. The van der Waals surface area contributed by atoms with E-state index in [4.69, 9.17) is 6.42 Å². The molecule has 11 rings (SSSR count). The molecule has 2 aromatic heterocycles. The number of fused-ring (bicyclic) bond motifs is 10. The minimum Gasteiger partial charge on any atom is -0.309 e. The van der Waals surface area contributed by atoms with E-state index in [-0.39, 0.29) is 5.92 Å². The van der Waals surface area contributed by atoms with E-state index in [2.05, 4.69) is 186 Å². The van der Waals surface area contributed by atoms with Crippen LogP contribution in [0.25, 0.3) is 64.9 Å². The first-order valence-electron chi connectivity index (χ1n) is 18.6. The molecule has 0 N–H and O–H groups in total. The summed E-state index contributed by atoms with van der Waals surface area (Å²) in [5, 5.41) is 7.59. The fraction of sp³-hybridized carbons (Fsp3) is 0.0588. The maximum absolute atomic E-state index is 6.04. The Balaban J connectivity index is 1.25. The Morgan fingerprint density at radius 2 is 1.39 bits per heavy atom. The molecule has 3 heteroatoms. The number of anilines is 3. The number of para-hydroxylation sites is 2. The van der Waals surface area contributed by atoms with Crippen LogP contribution in [0.1, 0.15) is 24.5 Å². The van der Waals surface area contributed by atoms with E-state index >= 15 is 0 Å². The van der Waals surface area contributed by atoms with Gasteiger partial charge in [-0.3, -0.25) is 0 Å². The molecule has 0 fully saturated rings. The van der Waals surface area contributed by atoms with Gasteiger partial charge in [-0.1, -0.05) is 115 Å². The van der Waals surface area contributed by atoms with E-state index in [1.165, 1.54) is 91.6 Å². The Morgan fingerprint density at radius 3 is 2.28 bits per heavy atom. The third kappa shape index (κ3) is 4.41. The van der Waals surface area contributed by atoms with Crippen LogP contribution < -0.4 is 15.3 Å². The van der Waals surface area contributed by atoms with E-state index in [9.17, 15) is 0 Å². The Hall–Kier alpha value is -6.60. The first-order valence-corrected chi connectivity index (χ1v) is 19.4. The number of aromatic nitrogens is 1. The number of allylic oxidation sites excluding steroid dienone is 2. The van der Waals surface area contributed by atoms with Crippen LogP contribution in [0.2, 0.25) is 0 Å². The van der Waals surface area contributed by atoms with E-state index in [0.717, 1.165) is 11.4 Å². The van der Waals surface area contributed by atoms with Crippen molar-refractivity contribution in [3.05, 3.63) is 185 Å². The van der Waals surface area contributed by atoms with Gasteiger partial charge in [0, 0.05) is 55.5 Å². The van der Waals surface area contributed by atoms with Crippen LogP contribution >= 0.6 is 11.3 Å². The molecule has 0 radical (unpaired) electrons. The summed E-state index contributed by atoms with van der Waals surface area (Å²) in [5.41, 5.74) is 13.5. The summed E-state index contributed by atoms with van der Waals surface area (Å²) in [6.45, 7) is 2.31. The zero-order valence-electron chi connectivity index (χ0n) is 29.8. The number of terminal acetylenes is 1. The lowest BCUT2D eigenvalue weighted by Crippen LogP contribution is -2.32. The summed E-state index contributed by atoms with van der Waals surface area (Å²) in [7, 11) is 0. The maximum atomic E-state index is 6.04. The van der Waals surface area contributed by atoms with Crippen molar-refractivity contribution in [2.45, 2.75) is 13.3 Å². The van der Waals surface area contributed by atoms with Crippen LogP contribution in [0.3, 0.4) is 0 Å². The van der Waals surface area contributed by atoms with Crippen molar-refractivity contribution >= 4 is 87.6 Å². The number of nitrogens with zero attached hydrogens (tertiary/aromatic N) is 2. The lowest BCUT2D eigenvalue weighted by molar-refractivity contribution is 0.858. The fourth-order valence-electron chi connectivity index (χ4n) is 9.28. The molecule has 2 aliphatic rings. The van der Waals surface area contributed by atoms with Crippen molar-refractivity contribution in [2.24, 2.45) is 5.92 Å². The van der Waals surface area contributed by atoms with Gasteiger partial charge >= 0.3 is 0 Å². The van der Waals surface area contributed by atoms with Crippen molar-refractivity contribution in [3.63, 3.8) is 0 Å². The lowest BCUT2D eigenvalue weighted by Gasteiger charge is -2.29. The predicted molar refractivity (Wildman–Crippen MR) is 231 cm³/mol. The van der Waals surface area contributed by atoms with Crippen molar-refractivity contribution in [3.8, 4) is 18.0 Å². The zero-order valence-corrected chi connectivity index (χ0v) is 30.6. The van der Waals surface area contributed by atoms with Gasteiger partial charge in [0.05, 0.1) is 27.1 Å². The second kappa shape index (κ2) is 12.0. The van der Waals surface area contributed by atoms with Gasteiger partial charge in [0.25, 0.3) is 0 Å². The number of hydrogen-bond donors (Lipinski definition) is 0. The minimum absolute atomic E-state index is 0.151. The largest absolute Gasteiger partial charge is 0.309 e. The highest BCUT2D eigenvalue weighted by Gasteiger charge is 2.34. The second-order valence-corrected chi connectivity index (χ2v) is 15.4. The first kappa shape index (κ1) is 31.0. The summed E-state index contributed by atoms with van der Waals surface area (Å²) in [5.74, 6) is 3.16. The molecule has 2 aliphatic carbocycles. The topological polar surface area (TPSA) is 8.17 Å². The number of thiophene rings is 1. The van der Waals surface area contributed by atoms with Gasteiger partial charge in [-0.15, -0.1) is 23.7 Å². The van der Waals surface area contributed by atoms with E-state index < -0.39 is 0 Å². The van der Waals surface area contributed by atoms with Gasteiger partial charge < -0.3 is 9.47 Å². The van der Waals surface area contributed by atoms with Crippen molar-refractivity contribution in [1.82, 2.24) is 4.57 Å². The number of rotatable bonds is 5. The van der Waals surface area contributed by atoms with Crippen LogP contribution in [0, 0.1) is 18.3 Å². The van der Waals surface area contributed by atoms with Crippen LogP contribution in [0.4, 0.5) is 17.1 Å². The maximum Gasteiger partial charge on any atom is 0.0640 e. The molecule has 7 aromatic carbocycles. The van der Waals surface area contributed by atoms with Crippen molar-refractivity contribution < 1.29 is 0 Å². The minimum atomic E-state index is 0.151. The molecule has 9 aromatic rings. The van der Waals surface area contributed by atoms with Crippen molar-refractivity contribution in [2.75, 3.05) is 4.90 Å². The van der Waals surface area contributed by atoms with E-state index in [1.54, 1.807) is 0 Å². The lowest BCUT2D eigenvalue weighted by atomic mass is 9.83. The van der Waals surface area contributed by atoms with E-state index in [1.807, 2.05) is 11.3 Å². The molecule has 0 aliphatic heterocycles. The van der Waals surface area contributed by atoms with Crippen LogP contribution in [0.5, 0.6) is 0 Å². The monoisotopic (exact) mass is 706 g/mol. The molecule has 54 heavy (non-hydrogen) atoms. The third-order valence-electron chi connectivity index (χ3n) is 11.5. The summed E-state index contributed by atoms with van der Waals surface area (Å²) >= 11 is 1.87. The summed E-state index contributed by atoms with van der Waals surface area (Å²) < 4.78 is 4.98. The van der Waals surface area contributed by atoms with Gasteiger partial charge in [0.2, 0.25) is 0 Å².